The van der Waals surface area contributed by atoms with Crippen molar-refractivity contribution in [3.8, 4) is 0 Å². The number of nitrogens with zero attached hydrogens (tertiary/aromatic N) is 2. The number of aliphatic hydroxyl groups is 1. The van der Waals surface area contributed by atoms with Gasteiger partial charge in [-0.3, -0.25) is 9.69 Å². The molecule has 2 heterocycles. The molecule has 7 heteroatoms. The molecule has 0 aromatic carbocycles. The summed E-state index contributed by atoms with van der Waals surface area (Å²) in [7, 11) is 4.09. The maximum absolute atomic E-state index is 12.3. The van der Waals surface area contributed by atoms with Gasteiger partial charge in [-0.15, -0.1) is 0 Å². The van der Waals surface area contributed by atoms with Crippen molar-refractivity contribution in [3.63, 3.8) is 0 Å². The predicted octanol–water partition coefficient (Wildman–Crippen LogP) is 1.63. The topological polar surface area (TPSA) is 74.3 Å². The molecule has 0 spiro atoms. The zero-order valence-corrected chi connectivity index (χ0v) is 19.1. The molecule has 4 atom stereocenters. The fourth-order valence-electron chi connectivity index (χ4n) is 5.26. The molecule has 1 saturated carbocycles. The minimum Gasteiger partial charge on any atom is -0.389 e. The van der Waals surface area contributed by atoms with E-state index in [1.165, 1.54) is 32.1 Å². The summed E-state index contributed by atoms with van der Waals surface area (Å²) in [6.07, 6.45) is 9.44. The maximum Gasteiger partial charge on any atom is 0.222 e. The van der Waals surface area contributed by atoms with E-state index in [1.807, 2.05) is 14.1 Å². The van der Waals surface area contributed by atoms with Crippen molar-refractivity contribution in [2.75, 3.05) is 53.5 Å². The second-order valence-corrected chi connectivity index (χ2v) is 9.80. The summed E-state index contributed by atoms with van der Waals surface area (Å²) in [4.78, 5) is 16.9. The van der Waals surface area contributed by atoms with Crippen LogP contribution in [-0.4, -0.2) is 98.7 Å². The zero-order valence-electron chi connectivity index (χ0n) is 19.1. The Hall–Kier alpha value is -0.730. The Morgan fingerprint density at radius 3 is 2.70 bits per heavy atom. The van der Waals surface area contributed by atoms with Gasteiger partial charge in [-0.2, -0.15) is 0 Å². The fraction of sp³-hybridized carbons (Fsp3) is 0.957. The smallest absolute Gasteiger partial charge is 0.222 e. The lowest BCUT2D eigenvalue weighted by molar-refractivity contribution is -0.158. The normalized spacial score (nSPS) is 31.7. The maximum atomic E-state index is 12.3. The second-order valence-electron chi connectivity index (χ2n) is 9.80. The molecule has 2 N–H and O–H groups in total. The van der Waals surface area contributed by atoms with E-state index in [4.69, 9.17) is 9.47 Å². The standard InChI is InChI=1S/C23H43N3O4/c1-25(2)12-6-11-24-23(28)13-20-9-10-21-22(30-20)17-29-16-19(27)15-26(21)14-18-7-4-3-5-8-18/h18-22,27H,3-17H2,1-2H3,(H,24,28)/t19-,20-,21+,22-/m0/s1. The molecule has 0 unspecified atom stereocenters. The van der Waals surface area contributed by atoms with Crippen molar-refractivity contribution in [1.82, 2.24) is 15.1 Å². The Balaban J connectivity index is 1.49. The highest BCUT2D eigenvalue weighted by atomic mass is 16.5. The number of amides is 1. The van der Waals surface area contributed by atoms with Crippen LogP contribution in [0.2, 0.25) is 0 Å². The lowest BCUT2D eigenvalue weighted by atomic mass is 9.87. The van der Waals surface area contributed by atoms with Gasteiger partial charge in [0.2, 0.25) is 5.91 Å². The van der Waals surface area contributed by atoms with E-state index in [9.17, 15) is 9.90 Å². The van der Waals surface area contributed by atoms with Crippen LogP contribution in [0.25, 0.3) is 0 Å². The third kappa shape index (κ3) is 7.75. The monoisotopic (exact) mass is 425 g/mol. The molecule has 30 heavy (non-hydrogen) atoms. The van der Waals surface area contributed by atoms with Crippen molar-refractivity contribution in [2.24, 2.45) is 5.92 Å². The number of rotatable bonds is 8. The van der Waals surface area contributed by atoms with Crippen molar-refractivity contribution in [2.45, 2.75) is 82.1 Å². The fourth-order valence-corrected chi connectivity index (χ4v) is 5.26. The highest BCUT2D eigenvalue weighted by Crippen LogP contribution is 2.31. The van der Waals surface area contributed by atoms with Gasteiger partial charge >= 0.3 is 0 Å². The van der Waals surface area contributed by atoms with E-state index in [-0.39, 0.29) is 24.2 Å². The van der Waals surface area contributed by atoms with Gasteiger partial charge < -0.3 is 24.8 Å². The number of carbonyl (C=O) groups excluding carboxylic acids is 1. The molecule has 7 nitrogen and oxygen atoms in total. The summed E-state index contributed by atoms with van der Waals surface area (Å²) in [6, 6.07) is 0.279. The SMILES string of the molecule is CN(C)CCCNC(=O)C[C@@H]1CC[C@@H]2[C@H](COC[C@@H](O)CN2CC2CCCCC2)O1. The van der Waals surface area contributed by atoms with Crippen LogP contribution >= 0.6 is 0 Å². The zero-order chi connectivity index (χ0) is 21.3. The number of ether oxygens (including phenoxy) is 2. The molecule has 0 bridgehead atoms. The van der Waals surface area contributed by atoms with Crippen molar-refractivity contribution >= 4 is 5.91 Å². The third-order valence-corrected chi connectivity index (χ3v) is 6.82. The van der Waals surface area contributed by atoms with Crippen molar-refractivity contribution < 1.29 is 19.4 Å². The van der Waals surface area contributed by atoms with Gasteiger partial charge in [0, 0.05) is 25.7 Å². The average Bonchev–Trinajstić information content (AvgIpc) is 2.70. The predicted molar refractivity (Wildman–Crippen MR) is 117 cm³/mol. The molecule has 2 aliphatic heterocycles. The molecule has 3 aliphatic rings. The number of nitrogens with one attached hydrogen (secondary N) is 1. The first kappa shape index (κ1) is 23.9. The number of β-amino-alcohol motifs (C(OH)–C–C–N with tert-alkyl or cyclic N) is 1. The Labute approximate surface area is 182 Å². The van der Waals surface area contributed by atoms with E-state index in [0.717, 1.165) is 38.3 Å². The molecule has 3 rings (SSSR count). The highest BCUT2D eigenvalue weighted by Gasteiger charge is 2.38. The molecular formula is C23H43N3O4. The first-order valence-electron chi connectivity index (χ1n) is 12.1. The molecule has 3 fully saturated rings. The molecule has 0 aromatic rings. The summed E-state index contributed by atoms with van der Waals surface area (Å²) in [6.45, 7) is 4.28. The number of hydrogen-bond donors (Lipinski definition) is 2. The first-order chi connectivity index (χ1) is 14.5. The van der Waals surface area contributed by atoms with Crippen LogP contribution in [0.3, 0.4) is 0 Å². The van der Waals surface area contributed by atoms with E-state index in [2.05, 4.69) is 15.1 Å². The number of fused-ring (bicyclic) bond motifs is 1. The van der Waals surface area contributed by atoms with Gasteiger partial charge in [-0.05, 0) is 58.7 Å². The summed E-state index contributed by atoms with van der Waals surface area (Å²) >= 11 is 0. The van der Waals surface area contributed by atoms with Gasteiger partial charge in [0.25, 0.3) is 0 Å². The molecular weight excluding hydrogens is 382 g/mol. The Kier molecular flexibility index (Phi) is 9.84. The number of aliphatic hydroxyl groups excluding tert-OH is 1. The number of hydrogen-bond acceptors (Lipinski definition) is 6. The van der Waals surface area contributed by atoms with Gasteiger partial charge in [0.05, 0.1) is 37.9 Å². The van der Waals surface area contributed by atoms with E-state index in [0.29, 0.717) is 32.7 Å². The summed E-state index contributed by atoms with van der Waals surface area (Å²) < 4.78 is 12.1. The molecule has 1 amide bonds. The summed E-state index contributed by atoms with van der Waals surface area (Å²) in [5, 5.41) is 13.4. The molecule has 0 radical (unpaired) electrons. The quantitative estimate of drug-likeness (QED) is 0.576. The second kappa shape index (κ2) is 12.3. The van der Waals surface area contributed by atoms with Crippen molar-refractivity contribution in [3.05, 3.63) is 0 Å². The van der Waals surface area contributed by atoms with Crippen molar-refractivity contribution in [1.29, 1.82) is 0 Å². The minimum atomic E-state index is -0.430. The van der Waals surface area contributed by atoms with Crippen LogP contribution in [0.5, 0.6) is 0 Å². The van der Waals surface area contributed by atoms with Crippen LogP contribution in [0.1, 0.15) is 57.8 Å². The molecule has 1 aliphatic carbocycles. The summed E-state index contributed by atoms with van der Waals surface area (Å²) in [5.74, 6) is 0.816. The van der Waals surface area contributed by atoms with Gasteiger partial charge in [-0.1, -0.05) is 19.3 Å². The minimum absolute atomic E-state index is 0.0126. The Bertz CT molecular complexity index is 513. The lowest BCUT2D eigenvalue weighted by Gasteiger charge is -2.45. The van der Waals surface area contributed by atoms with Crippen LogP contribution in [0.15, 0.2) is 0 Å². The Morgan fingerprint density at radius 2 is 1.93 bits per heavy atom. The van der Waals surface area contributed by atoms with Gasteiger partial charge in [0.15, 0.2) is 0 Å². The summed E-state index contributed by atoms with van der Waals surface area (Å²) in [5.41, 5.74) is 0. The molecule has 2 saturated heterocycles. The van der Waals surface area contributed by atoms with Crippen LogP contribution < -0.4 is 5.32 Å². The van der Waals surface area contributed by atoms with Crippen LogP contribution in [0, 0.1) is 5.92 Å². The Morgan fingerprint density at radius 1 is 1.13 bits per heavy atom. The molecule has 174 valence electrons. The van der Waals surface area contributed by atoms with Gasteiger partial charge in [-0.25, -0.2) is 0 Å². The van der Waals surface area contributed by atoms with E-state index < -0.39 is 6.10 Å². The third-order valence-electron chi connectivity index (χ3n) is 6.82. The average molecular weight is 426 g/mol. The lowest BCUT2D eigenvalue weighted by Crippen LogP contribution is -2.56. The first-order valence-corrected chi connectivity index (χ1v) is 12.1. The van der Waals surface area contributed by atoms with Gasteiger partial charge in [0.1, 0.15) is 0 Å². The van der Waals surface area contributed by atoms with E-state index >= 15 is 0 Å². The number of carbonyl (C=O) groups is 1. The van der Waals surface area contributed by atoms with Crippen LogP contribution in [0.4, 0.5) is 0 Å². The highest BCUT2D eigenvalue weighted by molar-refractivity contribution is 5.76. The van der Waals surface area contributed by atoms with E-state index in [1.54, 1.807) is 0 Å². The largest absolute Gasteiger partial charge is 0.389 e. The van der Waals surface area contributed by atoms with Crippen LogP contribution in [-0.2, 0) is 14.3 Å². The molecule has 0 aromatic heterocycles.